The van der Waals surface area contributed by atoms with Gasteiger partial charge in [-0.15, -0.1) is 11.6 Å². The lowest BCUT2D eigenvalue weighted by Crippen LogP contribution is -2.20. The van der Waals surface area contributed by atoms with Gasteiger partial charge in [-0.1, -0.05) is 30.3 Å². The predicted octanol–water partition coefficient (Wildman–Crippen LogP) is 1.73. The zero-order chi connectivity index (χ0) is 21.0. The van der Waals surface area contributed by atoms with Crippen molar-refractivity contribution in [1.82, 2.24) is 0 Å². The van der Waals surface area contributed by atoms with Gasteiger partial charge in [0.1, 0.15) is 6.61 Å². The molecule has 164 valence electrons. The van der Waals surface area contributed by atoms with E-state index in [-0.39, 0.29) is 13.2 Å². The zero-order valence-electron chi connectivity index (χ0n) is 16.5. The molecule has 0 atom stereocenters. The van der Waals surface area contributed by atoms with Crippen LogP contribution in [0.5, 0.6) is 0 Å². The molecule has 0 aliphatic heterocycles. The summed E-state index contributed by atoms with van der Waals surface area (Å²) in [5.41, 5.74) is 0.303. The highest BCUT2D eigenvalue weighted by Gasteiger charge is 2.16. The largest absolute Gasteiger partial charge is 0.457 e. The standard InChI is InChI=1S/C20H29ClO8/c21-6-7-24-8-9-25-10-11-26-12-13-27-14-15-28-16-17-29-20(23)19(22)18-4-2-1-3-5-18/h1-5H,6-17H2. The number of hydrogen-bond donors (Lipinski definition) is 0. The summed E-state index contributed by atoms with van der Waals surface area (Å²) in [4.78, 5) is 23.4. The van der Waals surface area contributed by atoms with Gasteiger partial charge < -0.3 is 28.4 Å². The zero-order valence-corrected chi connectivity index (χ0v) is 17.3. The van der Waals surface area contributed by atoms with Gasteiger partial charge in [-0.2, -0.15) is 0 Å². The molecule has 0 aliphatic carbocycles. The number of carbonyl (C=O) groups is 2. The monoisotopic (exact) mass is 432 g/mol. The minimum Gasteiger partial charge on any atom is -0.457 e. The highest BCUT2D eigenvalue weighted by atomic mass is 35.5. The van der Waals surface area contributed by atoms with Gasteiger partial charge in [0.15, 0.2) is 0 Å². The smallest absolute Gasteiger partial charge is 0.379 e. The number of carbonyl (C=O) groups excluding carboxylic acids is 2. The number of ether oxygens (including phenoxy) is 6. The molecule has 0 unspecified atom stereocenters. The quantitative estimate of drug-likeness (QED) is 0.107. The first kappa shape index (κ1) is 25.5. The summed E-state index contributed by atoms with van der Waals surface area (Å²) in [7, 11) is 0. The van der Waals surface area contributed by atoms with Crippen LogP contribution in [-0.2, 0) is 33.2 Å². The van der Waals surface area contributed by atoms with Crippen molar-refractivity contribution < 1.29 is 38.0 Å². The van der Waals surface area contributed by atoms with Crippen molar-refractivity contribution >= 4 is 23.4 Å². The van der Waals surface area contributed by atoms with Crippen LogP contribution in [0, 0.1) is 0 Å². The summed E-state index contributed by atoms with van der Waals surface area (Å²) >= 11 is 5.47. The summed E-state index contributed by atoms with van der Waals surface area (Å²) in [6.07, 6.45) is 0. The Morgan fingerprint density at radius 1 is 0.621 bits per heavy atom. The maximum atomic E-state index is 11.8. The molecular weight excluding hydrogens is 404 g/mol. The van der Waals surface area contributed by atoms with Crippen LogP contribution in [0.1, 0.15) is 10.4 Å². The third kappa shape index (κ3) is 14.1. The minimum absolute atomic E-state index is 0.0113. The fraction of sp³-hybridized carbons (Fsp3) is 0.600. The fourth-order valence-corrected chi connectivity index (χ4v) is 2.11. The highest BCUT2D eigenvalue weighted by Crippen LogP contribution is 2.01. The lowest BCUT2D eigenvalue weighted by Gasteiger charge is -2.08. The van der Waals surface area contributed by atoms with E-state index in [1.54, 1.807) is 30.3 Å². The van der Waals surface area contributed by atoms with E-state index in [0.29, 0.717) is 70.9 Å². The molecular formula is C20H29ClO8. The molecule has 29 heavy (non-hydrogen) atoms. The Kier molecular flexibility index (Phi) is 16.2. The van der Waals surface area contributed by atoms with Crippen LogP contribution in [0.3, 0.4) is 0 Å². The molecule has 0 aromatic heterocycles. The van der Waals surface area contributed by atoms with Gasteiger partial charge in [0.05, 0.1) is 66.1 Å². The molecule has 9 heteroatoms. The number of halogens is 1. The predicted molar refractivity (Wildman–Crippen MR) is 107 cm³/mol. The maximum Gasteiger partial charge on any atom is 0.379 e. The first-order chi connectivity index (χ1) is 14.3. The van der Waals surface area contributed by atoms with Gasteiger partial charge >= 0.3 is 5.97 Å². The molecule has 1 rings (SSSR count). The second-order valence-corrected chi connectivity index (χ2v) is 5.96. The molecule has 0 amide bonds. The van der Waals surface area contributed by atoms with Crippen LogP contribution >= 0.6 is 11.6 Å². The lowest BCUT2D eigenvalue weighted by atomic mass is 10.1. The molecule has 0 radical (unpaired) electrons. The van der Waals surface area contributed by atoms with E-state index < -0.39 is 11.8 Å². The number of rotatable bonds is 19. The average molecular weight is 433 g/mol. The third-order valence-electron chi connectivity index (χ3n) is 3.39. The Labute approximate surface area is 176 Å². The second kappa shape index (κ2) is 18.5. The molecule has 0 N–H and O–H groups in total. The van der Waals surface area contributed by atoms with Crippen LogP contribution in [0.15, 0.2) is 30.3 Å². The maximum absolute atomic E-state index is 11.8. The number of esters is 1. The van der Waals surface area contributed by atoms with Crippen LogP contribution in [-0.4, -0.2) is 90.3 Å². The summed E-state index contributed by atoms with van der Waals surface area (Å²) in [5.74, 6) is -1.07. The number of hydrogen-bond acceptors (Lipinski definition) is 8. The van der Waals surface area contributed by atoms with Crippen LogP contribution in [0.2, 0.25) is 0 Å². The topological polar surface area (TPSA) is 89.5 Å². The summed E-state index contributed by atoms with van der Waals surface area (Å²) in [6.45, 7) is 4.43. The Morgan fingerprint density at radius 3 is 1.48 bits per heavy atom. The molecule has 1 aromatic carbocycles. The SMILES string of the molecule is O=C(OCCOCCOCCOCCOCCOCCCl)C(=O)c1ccccc1. The molecule has 0 saturated heterocycles. The van der Waals surface area contributed by atoms with Crippen molar-refractivity contribution in [2.75, 3.05) is 78.6 Å². The van der Waals surface area contributed by atoms with E-state index >= 15 is 0 Å². The number of ketones is 1. The third-order valence-corrected chi connectivity index (χ3v) is 3.55. The first-order valence-electron chi connectivity index (χ1n) is 9.47. The fourth-order valence-electron chi connectivity index (χ4n) is 2.00. The van der Waals surface area contributed by atoms with E-state index in [4.69, 9.17) is 40.0 Å². The van der Waals surface area contributed by atoms with Crippen molar-refractivity contribution in [1.29, 1.82) is 0 Å². The summed E-state index contributed by atoms with van der Waals surface area (Å²) in [5, 5.41) is 0. The molecule has 0 fully saturated rings. The Hall–Kier alpha value is -1.55. The van der Waals surface area contributed by atoms with E-state index in [1.165, 1.54) is 0 Å². The molecule has 0 saturated carbocycles. The number of benzene rings is 1. The van der Waals surface area contributed by atoms with Gasteiger partial charge in [0.2, 0.25) is 0 Å². The van der Waals surface area contributed by atoms with E-state index in [1.807, 2.05) is 0 Å². The van der Waals surface area contributed by atoms with Gasteiger partial charge in [0.25, 0.3) is 5.78 Å². The van der Waals surface area contributed by atoms with Crippen LogP contribution in [0.25, 0.3) is 0 Å². The normalized spacial score (nSPS) is 10.8. The molecule has 8 nitrogen and oxygen atoms in total. The van der Waals surface area contributed by atoms with Crippen molar-refractivity contribution in [2.24, 2.45) is 0 Å². The molecule has 0 heterocycles. The van der Waals surface area contributed by atoms with Crippen LogP contribution in [0.4, 0.5) is 0 Å². The van der Waals surface area contributed by atoms with Crippen molar-refractivity contribution in [3.63, 3.8) is 0 Å². The second-order valence-electron chi connectivity index (χ2n) is 5.58. The summed E-state index contributed by atoms with van der Waals surface area (Å²) in [6, 6.07) is 8.26. The average Bonchev–Trinajstić information content (AvgIpc) is 2.75. The Bertz CT molecular complexity index is 541. The van der Waals surface area contributed by atoms with E-state index in [9.17, 15) is 9.59 Å². The van der Waals surface area contributed by atoms with Crippen molar-refractivity contribution in [2.45, 2.75) is 0 Å². The first-order valence-corrected chi connectivity index (χ1v) is 10.0. The van der Waals surface area contributed by atoms with Crippen molar-refractivity contribution in [3.05, 3.63) is 35.9 Å². The Morgan fingerprint density at radius 2 is 1.03 bits per heavy atom. The molecule has 1 aromatic rings. The van der Waals surface area contributed by atoms with Gasteiger partial charge in [-0.25, -0.2) is 4.79 Å². The summed E-state index contributed by atoms with van der Waals surface area (Å²) < 4.78 is 31.3. The Balaban J connectivity index is 1.81. The van der Waals surface area contributed by atoms with E-state index in [0.717, 1.165) is 0 Å². The van der Waals surface area contributed by atoms with Gasteiger partial charge in [0, 0.05) is 11.4 Å². The van der Waals surface area contributed by atoms with E-state index in [2.05, 4.69) is 0 Å². The van der Waals surface area contributed by atoms with Crippen molar-refractivity contribution in [3.8, 4) is 0 Å². The molecule has 0 aliphatic rings. The molecule has 0 spiro atoms. The van der Waals surface area contributed by atoms with Gasteiger partial charge in [-0.3, -0.25) is 4.79 Å². The highest BCUT2D eigenvalue weighted by molar-refractivity contribution is 6.40. The lowest BCUT2D eigenvalue weighted by molar-refractivity contribution is -0.139. The number of Topliss-reactive ketones (excluding diaryl/α,β-unsaturated/α-hetero) is 1. The van der Waals surface area contributed by atoms with Crippen LogP contribution < -0.4 is 0 Å². The minimum atomic E-state index is -0.889. The number of alkyl halides is 1. The van der Waals surface area contributed by atoms with Gasteiger partial charge in [-0.05, 0) is 0 Å². The molecule has 0 bridgehead atoms.